The van der Waals surface area contributed by atoms with E-state index in [0.717, 1.165) is 32.5 Å². The van der Waals surface area contributed by atoms with Gasteiger partial charge in [-0.05, 0) is 35.2 Å². The zero-order chi connectivity index (χ0) is 11.7. The smallest absolute Gasteiger partial charge is 0.224 e. The van der Waals surface area contributed by atoms with Gasteiger partial charge in [0.05, 0.1) is 5.92 Å². The lowest BCUT2D eigenvalue weighted by atomic mass is 9.99. The molecule has 0 aliphatic carbocycles. The number of thiophene rings is 1. The molecule has 3 heterocycles. The highest BCUT2D eigenvalue weighted by molar-refractivity contribution is 7.07. The second kappa shape index (κ2) is 4.78. The van der Waals surface area contributed by atoms with Gasteiger partial charge in [0.15, 0.2) is 0 Å². The summed E-state index contributed by atoms with van der Waals surface area (Å²) < 4.78 is 0. The molecule has 0 spiro atoms. The van der Waals surface area contributed by atoms with E-state index in [4.69, 9.17) is 0 Å². The number of nitrogens with zero attached hydrogens (tertiary/aromatic N) is 1. The summed E-state index contributed by atoms with van der Waals surface area (Å²) in [5, 5.41) is 7.50. The van der Waals surface area contributed by atoms with Crippen LogP contribution in [0.4, 0.5) is 0 Å². The Kier molecular flexibility index (Phi) is 3.16. The third-order valence-corrected chi connectivity index (χ3v) is 4.50. The van der Waals surface area contributed by atoms with E-state index < -0.39 is 0 Å². The van der Waals surface area contributed by atoms with Crippen molar-refractivity contribution in [3.05, 3.63) is 22.4 Å². The van der Waals surface area contributed by atoms with Gasteiger partial charge in [0.2, 0.25) is 5.91 Å². The molecule has 2 bridgehead atoms. The van der Waals surface area contributed by atoms with Gasteiger partial charge in [-0.2, -0.15) is 11.3 Å². The molecule has 1 amide bonds. The van der Waals surface area contributed by atoms with Gasteiger partial charge < -0.3 is 5.32 Å². The van der Waals surface area contributed by atoms with Crippen LogP contribution in [0.2, 0.25) is 0 Å². The summed E-state index contributed by atoms with van der Waals surface area (Å²) in [5.41, 5.74) is 1.38. The van der Waals surface area contributed by atoms with Gasteiger partial charge in [-0.1, -0.05) is 6.42 Å². The van der Waals surface area contributed by atoms with Crippen molar-refractivity contribution in [2.45, 2.75) is 31.8 Å². The average molecular weight is 250 g/mol. The van der Waals surface area contributed by atoms with Crippen LogP contribution >= 0.6 is 11.3 Å². The molecular formula is C13H18N2OS. The lowest BCUT2D eigenvalue weighted by molar-refractivity contribution is -0.124. The van der Waals surface area contributed by atoms with Gasteiger partial charge >= 0.3 is 0 Å². The van der Waals surface area contributed by atoms with Crippen LogP contribution < -0.4 is 5.32 Å². The van der Waals surface area contributed by atoms with Crippen LogP contribution in [-0.2, 0) is 11.3 Å². The number of amides is 1. The molecule has 0 radical (unpaired) electrons. The fourth-order valence-electron chi connectivity index (χ4n) is 2.91. The van der Waals surface area contributed by atoms with Crippen LogP contribution in [0.15, 0.2) is 16.8 Å². The van der Waals surface area contributed by atoms with Crippen LogP contribution in [0.1, 0.15) is 24.8 Å². The minimum Gasteiger partial charge on any atom is -0.352 e. The molecule has 17 heavy (non-hydrogen) atoms. The van der Waals surface area contributed by atoms with Gasteiger partial charge in [0.1, 0.15) is 0 Å². The van der Waals surface area contributed by atoms with Gasteiger partial charge in [-0.3, -0.25) is 9.69 Å². The molecule has 4 heteroatoms. The molecule has 2 fully saturated rings. The SMILES string of the molecule is O=C1N[C@H]2CCC[C@@H]1CN(Cc1ccsc1)C2. The summed E-state index contributed by atoms with van der Waals surface area (Å²) in [6.45, 7) is 2.93. The molecule has 2 aliphatic rings. The highest BCUT2D eigenvalue weighted by Gasteiger charge is 2.32. The first-order valence-corrected chi connectivity index (χ1v) is 7.29. The van der Waals surface area contributed by atoms with Crippen molar-refractivity contribution in [1.82, 2.24) is 10.2 Å². The largest absolute Gasteiger partial charge is 0.352 e. The Morgan fingerprint density at radius 2 is 2.35 bits per heavy atom. The van der Waals surface area contributed by atoms with E-state index in [2.05, 4.69) is 27.0 Å². The number of likely N-dealkylation sites (tertiary alicyclic amines) is 1. The Labute approximate surface area is 106 Å². The quantitative estimate of drug-likeness (QED) is 0.869. The fraction of sp³-hybridized carbons (Fsp3) is 0.615. The molecule has 2 aliphatic heterocycles. The average Bonchev–Trinajstić information content (AvgIpc) is 2.65. The highest BCUT2D eigenvalue weighted by atomic mass is 32.1. The van der Waals surface area contributed by atoms with E-state index in [1.165, 1.54) is 12.0 Å². The number of rotatable bonds is 2. The maximum Gasteiger partial charge on any atom is 0.224 e. The summed E-state index contributed by atoms with van der Waals surface area (Å²) in [7, 11) is 0. The first-order chi connectivity index (χ1) is 8.31. The molecule has 92 valence electrons. The first kappa shape index (κ1) is 11.2. The van der Waals surface area contributed by atoms with E-state index in [9.17, 15) is 4.79 Å². The van der Waals surface area contributed by atoms with Crippen molar-refractivity contribution in [2.24, 2.45) is 5.92 Å². The maximum atomic E-state index is 11.9. The Morgan fingerprint density at radius 3 is 3.18 bits per heavy atom. The predicted molar refractivity (Wildman–Crippen MR) is 68.9 cm³/mol. The Bertz CT molecular complexity index is 390. The van der Waals surface area contributed by atoms with Gasteiger partial charge in [-0.25, -0.2) is 0 Å². The number of nitrogens with one attached hydrogen (secondary N) is 1. The lowest BCUT2D eigenvalue weighted by Gasteiger charge is -2.26. The van der Waals surface area contributed by atoms with E-state index in [0.29, 0.717) is 6.04 Å². The maximum absolute atomic E-state index is 11.9. The Morgan fingerprint density at radius 1 is 1.41 bits per heavy atom. The Hall–Kier alpha value is -0.870. The molecular weight excluding hydrogens is 232 g/mol. The highest BCUT2D eigenvalue weighted by Crippen LogP contribution is 2.23. The number of hydrogen-bond donors (Lipinski definition) is 1. The third kappa shape index (κ3) is 2.53. The number of carbonyl (C=O) groups excluding carboxylic acids is 1. The van der Waals surface area contributed by atoms with Crippen molar-refractivity contribution in [3.63, 3.8) is 0 Å². The van der Waals surface area contributed by atoms with E-state index in [1.54, 1.807) is 11.3 Å². The zero-order valence-corrected chi connectivity index (χ0v) is 10.7. The van der Waals surface area contributed by atoms with Crippen molar-refractivity contribution in [2.75, 3.05) is 13.1 Å². The first-order valence-electron chi connectivity index (χ1n) is 6.35. The predicted octanol–water partition coefficient (Wildman–Crippen LogP) is 1.85. The number of fused-ring (bicyclic) bond motifs is 3. The number of hydrogen-bond acceptors (Lipinski definition) is 3. The van der Waals surface area contributed by atoms with E-state index in [-0.39, 0.29) is 11.8 Å². The van der Waals surface area contributed by atoms with Crippen LogP contribution in [-0.4, -0.2) is 29.9 Å². The number of carbonyl (C=O) groups is 1. The Balaban J connectivity index is 1.72. The molecule has 3 rings (SSSR count). The monoisotopic (exact) mass is 250 g/mol. The standard InChI is InChI=1S/C13H18N2OS/c16-13-11-2-1-3-12(14-13)8-15(7-11)6-10-4-5-17-9-10/h4-5,9,11-12H,1-3,6-8H2,(H,14,16)/t11-,12+/m1/s1. The minimum absolute atomic E-state index is 0.209. The normalized spacial score (nSPS) is 29.8. The third-order valence-electron chi connectivity index (χ3n) is 3.77. The second-order valence-electron chi connectivity index (χ2n) is 5.16. The van der Waals surface area contributed by atoms with Crippen molar-refractivity contribution < 1.29 is 4.79 Å². The van der Waals surface area contributed by atoms with Gasteiger partial charge in [-0.15, -0.1) is 0 Å². The van der Waals surface area contributed by atoms with E-state index >= 15 is 0 Å². The molecule has 0 aromatic carbocycles. The summed E-state index contributed by atoms with van der Waals surface area (Å²) in [5.74, 6) is 0.487. The molecule has 3 nitrogen and oxygen atoms in total. The molecule has 1 aromatic heterocycles. The topological polar surface area (TPSA) is 32.3 Å². The summed E-state index contributed by atoms with van der Waals surface area (Å²) in [6, 6.07) is 2.55. The lowest BCUT2D eigenvalue weighted by Crippen LogP contribution is -2.38. The zero-order valence-electron chi connectivity index (χ0n) is 9.89. The van der Waals surface area contributed by atoms with Gasteiger partial charge in [0.25, 0.3) is 0 Å². The molecule has 1 N–H and O–H groups in total. The molecule has 2 saturated heterocycles. The van der Waals surface area contributed by atoms with Crippen LogP contribution in [0, 0.1) is 5.92 Å². The molecule has 1 aromatic rings. The van der Waals surface area contributed by atoms with Crippen LogP contribution in [0.5, 0.6) is 0 Å². The van der Waals surface area contributed by atoms with E-state index in [1.807, 2.05) is 0 Å². The van der Waals surface area contributed by atoms with Crippen molar-refractivity contribution in [1.29, 1.82) is 0 Å². The van der Waals surface area contributed by atoms with Gasteiger partial charge in [0, 0.05) is 25.7 Å². The summed E-state index contributed by atoms with van der Waals surface area (Å²) in [6.07, 6.45) is 3.39. The van der Waals surface area contributed by atoms with Crippen LogP contribution in [0.25, 0.3) is 0 Å². The molecule has 0 unspecified atom stereocenters. The van der Waals surface area contributed by atoms with Crippen molar-refractivity contribution in [3.8, 4) is 0 Å². The summed E-state index contributed by atoms with van der Waals surface area (Å²) >= 11 is 1.75. The van der Waals surface area contributed by atoms with Crippen LogP contribution in [0.3, 0.4) is 0 Å². The minimum atomic E-state index is 0.209. The molecule has 0 saturated carbocycles. The molecule has 2 atom stereocenters. The fourth-order valence-corrected chi connectivity index (χ4v) is 3.57. The van der Waals surface area contributed by atoms with Crippen molar-refractivity contribution >= 4 is 17.2 Å². The second-order valence-corrected chi connectivity index (χ2v) is 5.94. The summed E-state index contributed by atoms with van der Waals surface area (Å²) in [4.78, 5) is 14.3.